The summed E-state index contributed by atoms with van der Waals surface area (Å²) in [5, 5.41) is 2.83. The van der Waals surface area contributed by atoms with Gasteiger partial charge in [-0.15, -0.1) is 11.3 Å². The number of carbonyl (C=O) groups is 2. The highest BCUT2D eigenvalue weighted by molar-refractivity contribution is 7.21. The number of likely N-dealkylation sites (N-methyl/N-ethyl adjacent to an activating group) is 1. The summed E-state index contributed by atoms with van der Waals surface area (Å²) in [4.78, 5) is 34.8. The molecule has 2 amide bonds. The fourth-order valence-electron chi connectivity index (χ4n) is 6.00. The van der Waals surface area contributed by atoms with Crippen LogP contribution in [0.2, 0.25) is 5.02 Å². The molecule has 9 nitrogen and oxygen atoms in total. The number of aromatic nitrogens is 1. The Morgan fingerprint density at radius 1 is 0.939 bits per heavy atom. The predicted molar refractivity (Wildman–Crippen MR) is 187 cm³/mol. The number of fused-ring (bicyclic) bond motifs is 1. The van der Waals surface area contributed by atoms with Gasteiger partial charge in [-0.25, -0.2) is 13.6 Å². The second kappa shape index (κ2) is 17.8. The van der Waals surface area contributed by atoms with Gasteiger partial charge in [0.25, 0.3) is 5.91 Å². The van der Waals surface area contributed by atoms with Crippen LogP contribution in [0.4, 0.5) is 13.6 Å². The Kier molecular flexibility index (Phi) is 13.3. The van der Waals surface area contributed by atoms with Gasteiger partial charge in [0.05, 0.1) is 41.5 Å². The van der Waals surface area contributed by atoms with E-state index in [1.54, 1.807) is 29.2 Å². The van der Waals surface area contributed by atoms with E-state index < -0.39 is 17.7 Å². The maximum absolute atomic E-state index is 14.7. The van der Waals surface area contributed by atoms with Gasteiger partial charge in [-0.3, -0.25) is 9.78 Å². The third kappa shape index (κ3) is 9.31. The van der Waals surface area contributed by atoms with Crippen molar-refractivity contribution in [3.8, 4) is 11.1 Å². The van der Waals surface area contributed by atoms with E-state index in [4.69, 9.17) is 25.8 Å². The number of rotatable bonds is 15. The minimum atomic E-state index is -0.677. The van der Waals surface area contributed by atoms with Crippen LogP contribution in [0.3, 0.4) is 0 Å². The molecular formula is C36H41ClF2N4O5S. The van der Waals surface area contributed by atoms with Crippen molar-refractivity contribution in [1.82, 2.24) is 20.1 Å². The summed E-state index contributed by atoms with van der Waals surface area (Å²) in [5.74, 6) is -1.70. The Hall–Kier alpha value is -3.68. The van der Waals surface area contributed by atoms with Crippen molar-refractivity contribution in [3.05, 3.63) is 88.0 Å². The number of nitrogens with zero attached hydrogens (tertiary/aromatic N) is 3. The van der Waals surface area contributed by atoms with Gasteiger partial charge in [-0.2, -0.15) is 0 Å². The molecule has 2 aromatic heterocycles. The normalized spacial score (nSPS) is 16.1. The second-order valence-electron chi connectivity index (χ2n) is 11.9. The molecule has 1 saturated carbocycles. The first kappa shape index (κ1) is 36.6. The Balaban J connectivity index is 1.26. The Labute approximate surface area is 294 Å². The number of thiophene rings is 1. The monoisotopic (exact) mass is 714 g/mol. The van der Waals surface area contributed by atoms with Crippen LogP contribution in [0.15, 0.2) is 60.9 Å². The van der Waals surface area contributed by atoms with Gasteiger partial charge in [-0.05, 0) is 73.7 Å². The van der Waals surface area contributed by atoms with Gasteiger partial charge in [0.15, 0.2) is 0 Å². The number of carbonyl (C=O) groups excluding carboxylic acids is 2. The van der Waals surface area contributed by atoms with E-state index >= 15 is 0 Å². The third-order valence-corrected chi connectivity index (χ3v) is 10.4. The fourth-order valence-corrected chi connectivity index (χ4v) is 7.51. The molecule has 0 spiro atoms. The molecular weight excluding hydrogens is 674 g/mol. The molecule has 0 aliphatic heterocycles. The smallest absolute Gasteiger partial charge is 0.409 e. The molecule has 4 aromatic rings. The van der Waals surface area contributed by atoms with Crippen molar-refractivity contribution >= 4 is 45.0 Å². The number of benzene rings is 2. The quantitative estimate of drug-likeness (QED) is 0.131. The lowest BCUT2D eigenvalue weighted by Crippen LogP contribution is -2.46. The first-order chi connectivity index (χ1) is 23.8. The molecule has 0 unspecified atom stereocenters. The molecule has 2 aromatic carbocycles. The van der Waals surface area contributed by atoms with Crippen molar-refractivity contribution in [2.45, 2.75) is 44.3 Å². The predicted octanol–water partition coefficient (Wildman–Crippen LogP) is 7.17. The van der Waals surface area contributed by atoms with E-state index in [0.717, 1.165) is 46.7 Å². The average Bonchev–Trinajstić information content (AvgIpc) is 3.49. The van der Waals surface area contributed by atoms with E-state index in [2.05, 4.69) is 10.3 Å². The van der Waals surface area contributed by atoms with Crippen molar-refractivity contribution in [2.75, 3.05) is 53.7 Å². The maximum Gasteiger partial charge on any atom is 0.409 e. The Bertz CT molecular complexity index is 1700. The molecule has 49 heavy (non-hydrogen) atoms. The lowest BCUT2D eigenvalue weighted by Gasteiger charge is -2.39. The van der Waals surface area contributed by atoms with Gasteiger partial charge in [0, 0.05) is 44.6 Å². The lowest BCUT2D eigenvalue weighted by molar-refractivity contribution is 0.0192. The zero-order chi connectivity index (χ0) is 34.8. The second-order valence-corrected chi connectivity index (χ2v) is 13.3. The zero-order valence-electron chi connectivity index (χ0n) is 27.6. The van der Waals surface area contributed by atoms with E-state index in [1.807, 2.05) is 43.4 Å². The summed E-state index contributed by atoms with van der Waals surface area (Å²) in [6, 6.07) is 13.5. The number of nitrogens with one attached hydrogen (secondary N) is 1. The largest absolute Gasteiger partial charge is 0.447 e. The topological polar surface area (TPSA) is 93.2 Å². The number of amides is 2. The molecule has 262 valence electrons. The average molecular weight is 715 g/mol. The minimum absolute atomic E-state index is 0.0129. The number of halogens is 3. The van der Waals surface area contributed by atoms with Gasteiger partial charge in [-0.1, -0.05) is 35.9 Å². The molecule has 0 saturated heterocycles. The number of ether oxygens (including phenoxy) is 3. The van der Waals surface area contributed by atoms with Crippen molar-refractivity contribution in [2.24, 2.45) is 0 Å². The molecule has 1 N–H and O–H groups in total. The number of pyridine rings is 1. The molecule has 2 heterocycles. The fraction of sp³-hybridized carbons (Fsp3) is 0.417. The summed E-state index contributed by atoms with van der Waals surface area (Å²) in [6.07, 6.45) is 5.55. The standard InChI is InChI=1S/C36H41ClF2N4O5S/c1-40-15-16-46-17-18-47-19-20-48-36(45)42(2)27-8-10-28(11-9-27)43(23-24-5-3-6-25(21-24)26-7-4-14-41-22-26)35(44)34-32(37)31-29(38)12-13-30(39)33(31)49-34/h3-7,12-14,21-22,27-28,40H,8-11,15-20,23H2,1-2H3. The highest BCUT2D eigenvalue weighted by atomic mass is 35.5. The van der Waals surface area contributed by atoms with E-state index in [1.165, 1.54) is 0 Å². The van der Waals surface area contributed by atoms with Gasteiger partial charge >= 0.3 is 6.09 Å². The minimum Gasteiger partial charge on any atom is -0.447 e. The van der Waals surface area contributed by atoms with Crippen LogP contribution in [0, 0.1) is 11.6 Å². The van der Waals surface area contributed by atoms with Crippen molar-refractivity contribution in [1.29, 1.82) is 0 Å². The van der Waals surface area contributed by atoms with Crippen LogP contribution in [0.1, 0.15) is 40.9 Å². The van der Waals surface area contributed by atoms with E-state index in [0.29, 0.717) is 45.5 Å². The SMILES string of the molecule is CNCCOCCOCCOC(=O)N(C)C1CCC(N(Cc2cccc(-c3cccnc3)c2)C(=O)c2sc3c(F)ccc(F)c3c2Cl)CC1. The van der Waals surface area contributed by atoms with E-state index in [9.17, 15) is 18.4 Å². The number of hydrogen-bond acceptors (Lipinski definition) is 8. The first-order valence-electron chi connectivity index (χ1n) is 16.3. The van der Waals surface area contributed by atoms with Crippen molar-refractivity contribution in [3.63, 3.8) is 0 Å². The number of hydrogen-bond donors (Lipinski definition) is 1. The molecule has 5 rings (SSSR count). The molecule has 0 atom stereocenters. The molecule has 1 fully saturated rings. The molecule has 1 aliphatic carbocycles. The highest BCUT2D eigenvalue weighted by Gasteiger charge is 2.34. The molecule has 1 aliphatic rings. The summed E-state index contributed by atoms with van der Waals surface area (Å²) in [5.41, 5.74) is 2.78. The third-order valence-electron chi connectivity index (χ3n) is 8.68. The van der Waals surface area contributed by atoms with Crippen LogP contribution in [0.25, 0.3) is 21.2 Å². The molecule has 0 bridgehead atoms. The molecule has 13 heteroatoms. The summed E-state index contributed by atoms with van der Waals surface area (Å²) in [7, 11) is 3.58. The van der Waals surface area contributed by atoms with Crippen LogP contribution in [-0.4, -0.2) is 92.5 Å². The van der Waals surface area contributed by atoms with Gasteiger partial charge < -0.3 is 29.3 Å². The summed E-state index contributed by atoms with van der Waals surface area (Å²) >= 11 is 7.46. The maximum atomic E-state index is 14.7. The van der Waals surface area contributed by atoms with Crippen LogP contribution in [0.5, 0.6) is 0 Å². The van der Waals surface area contributed by atoms with Crippen LogP contribution < -0.4 is 5.32 Å². The van der Waals surface area contributed by atoms with E-state index in [-0.39, 0.29) is 57.7 Å². The summed E-state index contributed by atoms with van der Waals surface area (Å²) in [6.45, 7) is 2.92. The van der Waals surface area contributed by atoms with Crippen LogP contribution in [-0.2, 0) is 20.8 Å². The Morgan fingerprint density at radius 3 is 2.35 bits per heavy atom. The first-order valence-corrected chi connectivity index (χ1v) is 17.5. The summed E-state index contributed by atoms with van der Waals surface area (Å²) < 4.78 is 45.8. The Morgan fingerprint density at radius 2 is 1.63 bits per heavy atom. The van der Waals surface area contributed by atoms with Crippen molar-refractivity contribution < 1.29 is 32.6 Å². The highest BCUT2D eigenvalue weighted by Crippen LogP contribution is 2.40. The zero-order valence-corrected chi connectivity index (χ0v) is 29.2. The van der Waals surface area contributed by atoms with Gasteiger partial charge in [0.2, 0.25) is 0 Å². The van der Waals surface area contributed by atoms with Gasteiger partial charge in [0.1, 0.15) is 23.1 Å². The lowest BCUT2D eigenvalue weighted by atomic mass is 9.89. The van der Waals surface area contributed by atoms with Crippen LogP contribution >= 0.6 is 22.9 Å². The molecule has 0 radical (unpaired) electrons.